The van der Waals surface area contributed by atoms with E-state index in [1.54, 1.807) is 19.1 Å². The molecule has 5 heteroatoms. The lowest BCUT2D eigenvalue weighted by Gasteiger charge is -2.26. The van der Waals surface area contributed by atoms with E-state index in [0.29, 0.717) is 12.0 Å². The first-order valence-electron chi connectivity index (χ1n) is 6.75. The zero-order chi connectivity index (χ0) is 15.9. The molecule has 0 saturated heterocycles. The van der Waals surface area contributed by atoms with Gasteiger partial charge in [-0.3, -0.25) is 4.79 Å². The average molecular weight is 293 g/mol. The van der Waals surface area contributed by atoms with E-state index in [-0.39, 0.29) is 5.82 Å². The molecule has 0 aliphatic heterocycles. The van der Waals surface area contributed by atoms with Crippen LogP contribution in [0.25, 0.3) is 6.08 Å². The van der Waals surface area contributed by atoms with Gasteiger partial charge in [-0.05, 0) is 37.1 Å². The van der Waals surface area contributed by atoms with E-state index in [9.17, 15) is 14.0 Å². The molecule has 0 heterocycles. The maximum atomic E-state index is 13.0. The number of benzene rings is 1. The van der Waals surface area contributed by atoms with Crippen molar-refractivity contribution >= 4 is 18.0 Å². The molecule has 0 radical (unpaired) electrons. The quantitative estimate of drug-likeness (QED) is 0.648. The maximum absolute atomic E-state index is 13.0. The highest BCUT2D eigenvalue weighted by Crippen LogP contribution is 2.14. The van der Waals surface area contributed by atoms with Crippen LogP contribution >= 0.6 is 0 Å². The average Bonchev–Trinajstić information content (AvgIpc) is 2.44. The van der Waals surface area contributed by atoms with E-state index in [1.807, 2.05) is 6.92 Å². The van der Waals surface area contributed by atoms with Crippen molar-refractivity contribution in [3.05, 3.63) is 41.7 Å². The third kappa shape index (κ3) is 5.02. The number of rotatable bonds is 6. The van der Waals surface area contributed by atoms with Gasteiger partial charge in [0.15, 0.2) is 0 Å². The van der Waals surface area contributed by atoms with Crippen molar-refractivity contribution < 1.29 is 18.7 Å². The Morgan fingerprint density at radius 2 is 2.14 bits per heavy atom. The van der Waals surface area contributed by atoms with Crippen molar-refractivity contribution in [3.63, 3.8) is 0 Å². The molecule has 1 atom stereocenters. The molecule has 0 saturated carbocycles. The Bertz CT molecular complexity index is 542. The minimum absolute atomic E-state index is 0.372. The summed E-state index contributed by atoms with van der Waals surface area (Å²) in [6, 6.07) is 5.88. The Hall–Kier alpha value is -2.17. The van der Waals surface area contributed by atoms with Gasteiger partial charge < -0.3 is 10.1 Å². The number of carbonyl (C=O) groups excluding carboxylic acids is 2. The van der Waals surface area contributed by atoms with Gasteiger partial charge in [0, 0.05) is 6.08 Å². The Morgan fingerprint density at radius 1 is 1.43 bits per heavy atom. The molecule has 1 aromatic carbocycles. The molecular formula is C16H20FNO3. The third-order valence-electron chi connectivity index (χ3n) is 3.06. The van der Waals surface area contributed by atoms with Gasteiger partial charge in [-0.15, -0.1) is 0 Å². The fraction of sp³-hybridized carbons (Fsp3) is 0.375. The fourth-order valence-electron chi connectivity index (χ4n) is 2.04. The summed E-state index contributed by atoms with van der Waals surface area (Å²) in [4.78, 5) is 23.7. The Morgan fingerprint density at radius 3 is 2.71 bits per heavy atom. The second-order valence-electron chi connectivity index (χ2n) is 4.95. The van der Waals surface area contributed by atoms with E-state index < -0.39 is 17.4 Å². The summed E-state index contributed by atoms with van der Waals surface area (Å²) < 4.78 is 17.7. The summed E-state index contributed by atoms with van der Waals surface area (Å²) >= 11 is 0. The second-order valence-corrected chi connectivity index (χ2v) is 4.95. The topological polar surface area (TPSA) is 55.4 Å². The van der Waals surface area contributed by atoms with Crippen LogP contribution < -0.4 is 5.32 Å². The lowest BCUT2D eigenvalue weighted by Crippen LogP contribution is -2.52. The van der Waals surface area contributed by atoms with E-state index in [2.05, 4.69) is 5.32 Å². The van der Waals surface area contributed by atoms with Gasteiger partial charge in [0.2, 0.25) is 5.91 Å². The van der Waals surface area contributed by atoms with Gasteiger partial charge >= 0.3 is 5.97 Å². The van der Waals surface area contributed by atoms with Crippen molar-refractivity contribution in [2.24, 2.45) is 0 Å². The highest BCUT2D eigenvalue weighted by atomic mass is 19.1. The van der Waals surface area contributed by atoms with Crippen LogP contribution in [0.4, 0.5) is 4.39 Å². The molecule has 0 bridgehead atoms. The summed E-state index contributed by atoms with van der Waals surface area (Å²) in [5.74, 6) is -1.29. The zero-order valence-electron chi connectivity index (χ0n) is 12.5. The number of ether oxygens (including phenoxy) is 1. The van der Waals surface area contributed by atoms with E-state index >= 15 is 0 Å². The number of halogens is 1. The molecule has 0 aliphatic rings. The number of carbonyl (C=O) groups is 2. The molecule has 1 rings (SSSR count). The fourth-order valence-corrected chi connectivity index (χ4v) is 2.04. The van der Waals surface area contributed by atoms with Crippen LogP contribution in [0.15, 0.2) is 30.3 Å². The number of amides is 1. The minimum Gasteiger partial charge on any atom is -0.467 e. The van der Waals surface area contributed by atoms with E-state index in [0.717, 1.165) is 6.42 Å². The van der Waals surface area contributed by atoms with Crippen LogP contribution in [0.5, 0.6) is 0 Å². The van der Waals surface area contributed by atoms with Gasteiger partial charge in [-0.1, -0.05) is 25.5 Å². The number of nitrogens with one attached hydrogen (secondary N) is 1. The van der Waals surface area contributed by atoms with Crippen LogP contribution in [0.2, 0.25) is 0 Å². The van der Waals surface area contributed by atoms with Crippen LogP contribution in [-0.2, 0) is 14.3 Å². The number of esters is 1. The van der Waals surface area contributed by atoms with Gasteiger partial charge in [0.1, 0.15) is 11.4 Å². The Balaban J connectivity index is 2.76. The Kier molecular flexibility index (Phi) is 6.09. The largest absolute Gasteiger partial charge is 0.467 e. The molecule has 0 aliphatic carbocycles. The van der Waals surface area contributed by atoms with Crippen molar-refractivity contribution in [2.75, 3.05) is 7.11 Å². The first-order valence-corrected chi connectivity index (χ1v) is 6.75. The van der Waals surface area contributed by atoms with Crippen molar-refractivity contribution in [1.82, 2.24) is 5.32 Å². The predicted octanol–water partition coefficient (Wildman–Crippen LogP) is 2.69. The van der Waals surface area contributed by atoms with E-state index in [4.69, 9.17) is 4.74 Å². The second kappa shape index (κ2) is 7.57. The minimum atomic E-state index is -1.06. The zero-order valence-corrected chi connectivity index (χ0v) is 12.5. The molecule has 0 spiro atoms. The van der Waals surface area contributed by atoms with Crippen molar-refractivity contribution in [2.45, 2.75) is 32.2 Å². The monoisotopic (exact) mass is 293 g/mol. The molecule has 1 aromatic rings. The molecule has 4 nitrogen and oxygen atoms in total. The summed E-state index contributed by atoms with van der Waals surface area (Å²) in [5, 5.41) is 2.64. The van der Waals surface area contributed by atoms with Crippen molar-refractivity contribution in [1.29, 1.82) is 0 Å². The highest BCUT2D eigenvalue weighted by Gasteiger charge is 2.34. The highest BCUT2D eigenvalue weighted by molar-refractivity contribution is 5.96. The van der Waals surface area contributed by atoms with Crippen LogP contribution in [0.3, 0.4) is 0 Å². The lowest BCUT2D eigenvalue weighted by molar-refractivity contribution is -0.150. The predicted molar refractivity (Wildman–Crippen MR) is 78.9 cm³/mol. The summed E-state index contributed by atoms with van der Waals surface area (Å²) in [7, 11) is 1.28. The maximum Gasteiger partial charge on any atom is 0.331 e. The van der Waals surface area contributed by atoms with Crippen LogP contribution in [0, 0.1) is 5.82 Å². The molecular weight excluding hydrogens is 273 g/mol. The third-order valence-corrected chi connectivity index (χ3v) is 3.06. The molecule has 1 unspecified atom stereocenters. The normalized spacial score (nSPS) is 13.7. The Labute approximate surface area is 124 Å². The van der Waals surface area contributed by atoms with Gasteiger partial charge in [0.05, 0.1) is 7.11 Å². The number of methoxy groups -OCH3 is 1. The van der Waals surface area contributed by atoms with Gasteiger partial charge in [0.25, 0.3) is 0 Å². The lowest BCUT2D eigenvalue weighted by atomic mass is 9.96. The molecule has 0 aromatic heterocycles. The van der Waals surface area contributed by atoms with Crippen LogP contribution in [-0.4, -0.2) is 24.5 Å². The molecule has 114 valence electrons. The SMILES string of the molecule is CCCC(C)(NC(=O)/C=C/c1cccc(F)c1)C(=O)OC. The molecule has 1 amide bonds. The standard InChI is InChI=1S/C16H20FNO3/c1-4-10-16(2,15(20)21-3)18-14(19)9-8-12-6-5-7-13(17)11-12/h5-9,11H,4,10H2,1-3H3,(H,18,19)/b9-8+. The van der Waals surface area contributed by atoms with Gasteiger partial charge in [-0.2, -0.15) is 0 Å². The first-order chi connectivity index (χ1) is 9.91. The first kappa shape index (κ1) is 16.9. The molecule has 1 N–H and O–H groups in total. The summed E-state index contributed by atoms with van der Waals surface area (Å²) in [6.07, 6.45) is 3.95. The molecule has 0 fully saturated rings. The number of hydrogen-bond acceptors (Lipinski definition) is 3. The number of hydrogen-bond donors (Lipinski definition) is 1. The molecule has 21 heavy (non-hydrogen) atoms. The smallest absolute Gasteiger partial charge is 0.331 e. The van der Waals surface area contributed by atoms with Crippen LogP contribution in [0.1, 0.15) is 32.3 Å². The summed E-state index contributed by atoms with van der Waals surface area (Å²) in [6.45, 7) is 3.53. The van der Waals surface area contributed by atoms with Crippen molar-refractivity contribution in [3.8, 4) is 0 Å². The summed E-state index contributed by atoms with van der Waals surface area (Å²) in [5.41, 5.74) is -0.493. The van der Waals surface area contributed by atoms with E-state index in [1.165, 1.54) is 31.4 Å². The van der Waals surface area contributed by atoms with Gasteiger partial charge in [-0.25, -0.2) is 9.18 Å².